The molecule has 1 amide bonds. The molecule has 0 radical (unpaired) electrons. The highest BCUT2D eigenvalue weighted by Crippen LogP contribution is 2.15. The number of amides is 1. The minimum absolute atomic E-state index is 0.313. The van der Waals surface area contributed by atoms with Crippen LogP contribution in [0, 0.1) is 0 Å². The van der Waals surface area contributed by atoms with E-state index in [-0.39, 0.29) is 5.16 Å². The van der Waals surface area contributed by atoms with Crippen molar-refractivity contribution in [3.8, 4) is 0 Å². The number of nitrogens with one attached hydrogen (secondary N) is 1. The van der Waals surface area contributed by atoms with E-state index >= 15 is 0 Å². The molecule has 0 saturated heterocycles. The summed E-state index contributed by atoms with van der Waals surface area (Å²) in [7, 11) is -3.83. The monoisotopic (exact) mass is 319 g/mol. The van der Waals surface area contributed by atoms with E-state index < -0.39 is 21.5 Å². The van der Waals surface area contributed by atoms with E-state index in [2.05, 4.69) is 20.3 Å². The van der Waals surface area contributed by atoms with Gasteiger partial charge in [-0.05, 0) is 5.56 Å². The fourth-order valence-corrected chi connectivity index (χ4v) is 3.13. The SMILES string of the molecule is O=C(CS(=O)(=O)c1ncn[nH]1)N1CCC(c2ccccc2)=N1. The summed E-state index contributed by atoms with van der Waals surface area (Å²) in [6.45, 7) is 0.370. The molecule has 1 N–H and O–H groups in total. The van der Waals surface area contributed by atoms with E-state index in [1.165, 1.54) is 5.01 Å². The van der Waals surface area contributed by atoms with Gasteiger partial charge in [0.1, 0.15) is 12.1 Å². The molecule has 1 aliphatic rings. The van der Waals surface area contributed by atoms with Crippen molar-refractivity contribution in [1.82, 2.24) is 20.2 Å². The standard InChI is InChI=1S/C13H13N5O3S/c19-12(8-22(20,21)13-14-9-15-16-13)18-7-6-11(17-18)10-4-2-1-3-5-10/h1-5,9H,6-8H2,(H,14,15,16). The Bertz CT molecular complexity index is 799. The maximum atomic E-state index is 12.1. The molecule has 0 spiro atoms. The number of nitrogens with zero attached hydrogens (tertiary/aromatic N) is 4. The molecule has 0 fully saturated rings. The average Bonchev–Trinajstić information content (AvgIpc) is 3.20. The Hall–Kier alpha value is -2.55. The van der Waals surface area contributed by atoms with Crippen LogP contribution in [0.4, 0.5) is 0 Å². The number of hydrogen-bond acceptors (Lipinski definition) is 6. The molecule has 2 aromatic rings. The van der Waals surface area contributed by atoms with Gasteiger partial charge < -0.3 is 0 Å². The maximum absolute atomic E-state index is 12.1. The summed E-state index contributed by atoms with van der Waals surface area (Å²) < 4.78 is 24.0. The average molecular weight is 319 g/mol. The smallest absolute Gasteiger partial charge is 0.258 e. The van der Waals surface area contributed by atoms with Crippen molar-refractivity contribution >= 4 is 21.5 Å². The van der Waals surface area contributed by atoms with Crippen molar-refractivity contribution in [2.24, 2.45) is 5.10 Å². The maximum Gasteiger partial charge on any atom is 0.258 e. The molecule has 1 aromatic heterocycles. The second-order valence-corrected chi connectivity index (χ2v) is 6.63. The number of aromatic amines is 1. The minimum atomic E-state index is -3.83. The van der Waals surface area contributed by atoms with Crippen LogP contribution in [-0.2, 0) is 14.6 Å². The van der Waals surface area contributed by atoms with Crippen molar-refractivity contribution in [2.45, 2.75) is 11.6 Å². The predicted octanol–water partition coefficient (Wildman–Crippen LogP) is 0.215. The lowest BCUT2D eigenvalue weighted by atomic mass is 10.1. The summed E-state index contributed by atoms with van der Waals surface area (Å²) in [6.07, 6.45) is 1.68. The lowest BCUT2D eigenvalue weighted by Gasteiger charge is -2.10. The number of hydrazone groups is 1. The molecule has 114 valence electrons. The summed E-state index contributed by atoms with van der Waals surface area (Å²) in [6, 6.07) is 9.47. The summed E-state index contributed by atoms with van der Waals surface area (Å²) >= 11 is 0. The molecule has 22 heavy (non-hydrogen) atoms. The lowest BCUT2D eigenvalue weighted by Crippen LogP contribution is -2.30. The van der Waals surface area contributed by atoms with E-state index in [9.17, 15) is 13.2 Å². The summed E-state index contributed by atoms with van der Waals surface area (Å²) in [5, 5.41) is 10.8. The molecule has 8 nitrogen and oxygen atoms in total. The van der Waals surface area contributed by atoms with E-state index in [1.807, 2.05) is 30.3 Å². The van der Waals surface area contributed by atoms with Crippen LogP contribution in [0.3, 0.4) is 0 Å². The molecular weight excluding hydrogens is 306 g/mol. The highest BCUT2D eigenvalue weighted by molar-refractivity contribution is 7.91. The van der Waals surface area contributed by atoms with Gasteiger partial charge in [-0.3, -0.25) is 9.89 Å². The first-order chi connectivity index (χ1) is 10.6. The Balaban J connectivity index is 1.73. The Morgan fingerprint density at radius 2 is 2.05 bits per heavy atom. The van der Waals surface area contributed by atoms with Crippen LogP contribution in [0.5, 0.6) is 0 Å². The Morgan fingerprint density at radius 1 is 1.27 bits per heavy atom. The van der Waals surface area contributed by atoms with Gasteiger partial charge in [0, 0.05) is 6.42 Å². The van der Waals surface area contributed by atoms with Crippen LogP contribution >= 0.6 is 0 Å². The van der Waals surface area contributed by atoms with Crippen molar-refractivity contribution < 1.29 is 13.2 Å². The van der Waals surface area contributed by atoms with Crippen LogP contribution in [0.1, 0.15) is 12.0 Å². The molecule has 0 aliphatic carbocycles. The van der Waals surface area contributed by atoms with Crippen LogP contribution < -0.4 is 0 Å². The van der Waals surface area contributed by atoms with Crippen molar-refractivity contribution in [3.05, 3.63) is 42.2 Å². The first-order valence-electron chi connectivity index (χ1n) is 6.58. The van der Waals surface area contributed by atoms with Gasteiger partial charge in [0.25, 0.3) is 5.91 Å². The van der Waals surface area contributed by atoms with Crippen molar-refractivity contribution in [2.75, 3.05) is 12.3 Å². The second kappa shape index (κ2) is 5.68. The van der Waals surface area contributed by atoms with E-state index in [0.29, 0.717) is 13.0 Å². The van der Waals surface area contributed by atoms with E-state index in [0.717, 1.165) is 17.6 Å². The third-order valence-electron chi connectivity index (χ3n) is 3.20. The molecule has 0 unspecified atom stereocenters. The molecule has 0 atom stereocenters. The Labute approximate surface area is 126 Å². The van der Waals surface area contributed by atoms with Gasteiger partial charge in [-0.15, -0.1) is 0 Å². The topological polar surface area (TPSA) is 108 Å². The zero-order chi connectivity index (χ0) is 15.6. The van der Waals surface area contributed by atoms with Gasteiger partial charge in [-0.1, -0.05) is 30.3 Å². The number of sulfone groups is 1. The zero-order valence-electron chi connectivity index (χ0n) is 11.5. The number of aromatic nitrogens is 3. The number of carbonyl (C=O) groups is 1. The quantitative estimate of drug-likeness (QED) is 0.867. The van der Waals surface area contributed by atoms with Crippen LogP contribution in [0.15, 0.2) is 46.9 Å². The fourth-order valence-electron chi connectivity index (χ4n) is 2.12. The number of rotatable bonds is 4. The number of hydrogen-bond donors (Lipinski definition) is 1. The van der Waals surface area contributed by atoms with Gasteiger partial charge in [0.15, 0.2) is 0 Å². The Kier molecular flexibility index (Phi) is 3.72. The highest BCUT2D eigenvalue weighted by atomic mass is 32.2. The number of H-pyrrole nitrogens is 1. The summed E-state index contributed by atoms with van der Waals surface area (Å²) in [4.78, 5) is 15.7. The minimum Gasteiger partial charge on any atom is -0.272 e. The van der Waals surface area contributed by atoms with Crippen molar-refractivity contribution in [1.29, 1.82) is 0 Å². The van der Waals surface area contributed by atoms with Gasteiger partial charge in [-0.2, -0.15) is 10.2 Å². The summed E-state index contributed by atoms with van der Waals surface area (Å²) in [5.41, 5.74) is 1.70. The second-order valence-electron chi connectivity index (χ2n) is 4.73. The predicted molar refractivity (Wildman–Crippen MR) is 77.7 cm³/mol. The van der Waals surface area contributed by atoms with Gasteiger partial charge in [0.05, 0.1) is 12.3 Å². The first kappa shape index (κ1) is 14.4. The Morgan fingerprint density at radius 3 is 2.73 bits per heavy atom. The van der Waals surface area contributed by atoms with Gasteiger partial charge in [-0.25, -0.2) is 18.4 Å². The van der Waals surface area contributed by atoms with Crippen LogP contribution in [0.2, 0.25) is 0 Å². The van der Waals surface area contributed by atoms with E-state index in [4.69, 9.17) is 0 Å². The fraction of sp³-hybridized carbons (Fsp3) is 0.231. The van der Waals surface area contributed by atoms with Crippen molar-refractivity contribution in [3.63, 3.8) is 0 Å². The molecule has 3 rings (SSSR count). The highest BCUT2D eigenvalue weighted by Gasteiger charge is 2.28. The molecule has 9 heteroatoms. The molecule has 2 heterocycles. The molecule has 1 aliphatic heterocycles. The molecule has 0 bridgehead atoms. The van der Waals surface area contributed by atoms with E-state index in [1.54, 1.807) is 0 Å². The van der Waals surface area contributed by atoms with Gasteiger partial charge in [0.2, 0.25) is 15.0 Å². The van der Waals surface area contributed by atoms with Crippen LogP contribution in [-0.4, -0.2) is 52.5 Å². The first-order valence-corrected chi connectivity index (χ1v) is 8.23. The zero-order valence-corrected chi connectivity index (χ0v) is 12.3. The third kappa shape index (κ3) is 2.89. The number of carbonyl (C=O) groups excluding carboxylic acids is 1. The third-order valence-corrected chi connectivity index (χ3v) is 4.61. The molecule has 0 saturated carbocycles. The number of benzene rings is 1. The summed E-state index contributed by atoms with van der Waals surface area (Å²) in [5.74, 6) is -1.27. The van der Waals surface area contributed by atoms with Gasteiger partial charge >= 0.3 is 0 Å². The largest absolute Gasteiger partial charge is 0.272 e. The molecular formula is C13H13N5O3S. The lowest BCUT2D eigenvalue weighted by molar-refractivity contribution is -0.127. The van der Waals surface area contributed by atoms with Crippen LogP contribution in [0.25, 0.3) is 0 Å². The normalized spacial score (nSPS) is 14.9. The molecule has 1 aromatic carbocycles.